The number of nitrogen functional groups attached to an aromatic ring is 1. The number of halogens is 1. The molecule has 9 nitrogen and oxygen atoms in total. The third-order valence-corrected chi connectivity index (χ3v) is 4.44. The predicted molar refractivity (Wildman–Crippen MR) is 84.8 cm³/mol. The second-order valence-electron chi connectivity index (χ2n) is 5.10. The summed E-state index contributed by atoms with van der Waals surface area (Å²) in [6.45, 7) is 0.385. The first-order valence-electron chi connectivity index (χ1n) is 6.96. The molecule has 0 bridgehead atoms. The summed E-state index contributed by atoms with van der Waals surface area (Å²) < 4.78 is 24.8. The molecule has 0 saturated carbocycles. The van der Waals surface area contributed by atoms with Crippen LogP contribution in [-0.4, -0.2) is 65.8 Å². The largest absolute Gasteiger partial charge is 0.382 e. The molecule has 3 rings (SSSR count). The first-order valence-corrected chi connectivity index (χ1v) is 7.75. The molecular formula is C13H18BrN5O4. The number of hydrogen-bond acceptors (Lipinski definition) is 8. The number of imidazole rings is 1. The van der Waals surface area contributed by atoms with E-state index in [1.807, 2.05) is 0 Å². The van der Waals surface area contributed by atoms with Crippen LogP contribution < -0.4 is 5.73 Å². The van der Waals surface area contributed by atoms with Gasteiger partial charge in [0, 0.05) is 21.3 Å². The van der Waals surface area contributed by atoms with Crippen molar-refractivity contribution < 1.29 is 18.9 Å². The third-order valence-electron chi connectivity index (χ3n) is 3.88. The number of anilines is 1. The van der Waals surface area contributed by atoms with Crippen molar-refractivity contribution in [2.24, 2.45) is 0 Å². The molecule has 10 heteroatoms. The van der Waals surface area contributed by atoms with Gasteiger partial charge in [-0.2, -0.15) is 0 Å². The average Bonchev–Trinajstić information content (AvgIpc) is 3.05. The van der Waals surface area contributed by atoms with Crippen molar-refractivity contribution in [1.82, 2.24) is 19.5 Å². The summed E-state index contributed by atoms with van der Waals surface area (Å²) in [5.41, 5.74) is 6.93. The molecule has 0 spiro atoms. The van der Waals surface area contributed by atoms with Gasteiger partial charge in [0.2, 0.25) is 0 Å². The number of rotatable bonds is 5. The van der Waals surface area contributed by atoms with Crippen LogP contribution in [0.2, 0.25) is 0 Å². The van der Waals surface area contributed by atoms with Crippen LogP contribution in [0.25, 0.3) is 11.2 Å². The molecule has 1 fully saturated rings. The van der Waals surface area contributed by atoms with Gasteiger partial charge in [0.15, 0.2) is 27.9 Å². The Balaban J connectivity index is 2.07. The first-order chi connectivity index (χ1) is 11.1. The Hall–Kier alpha value is -1.33. The Kier molecular flexibility index (Phi) is 4.78. The number of methoxy groups -OCH3 is 3. The van der Waals surface area contributed by atoms with Gasteiger partial charge in [-0.05, 0) is 15.9 Å². The maximum absolute atomic E-state index is 6.10. The van der Waals surface area contributed by atoms with Crippen LogP contribution in [0.1, 0.15) is 6.23 Å². The molecule has 2 unspecified atom stereocenters. The summed E-state index contributed by atoms with van der Waals surface area (Å²) >= 11 is 3.43. The Morgan fingerprint density at radius 3 is 2.65 bits per heavy atom. The highest BCUT2D eigenvalue weighted by Gasteiger charge is 2.47. The molecule has 1 aliphatic heterocycles. The van der Waals surface area contributed by atoms with E-state index >= 15 is 0 Å². The molecule has 23 heavy (non-hydrogen) atoms. The van der Waals surface area contributed by atoms with Crippen LogP contribution >= 0.6 is 15.9 Å². The smallest absolute Gasteiger partial charge is 0.181 e. The lowest BCUT2D eigenvalue weighted by Crippen LogP contribution is -2.36. The van der Waals surface area contributed by atoms with Crippen molar-refractivity contribution in [3.63, 3.8) is 0 Å². The maximum atomic E-state index is 6.10. The zero-order valence-corrected chi connectivity index (χ0v) is 14.6. The van der Waals surface area contributed by atoms with Crippen LogP contribution in [0.15, 0.2) is 11.1 Å². The van der Waals surface area contributed by atoms with E-state index in [0.717, 1.165) is 0 Å². The van der Waals surface area contributed by atoms with Gasteiger partial charge < -0.3 is 24.7 Å². The molecule has 0 radical (unpaired) electrons. The monoisotopic (exact) mass is 387 g/mol. The number of nitrogens with two attached hydrogens (primary N) is 1. The van der Waals surface area contributed by atoms with Gasteiger partial charge >= 0.3 is 0 Å². The molecule has 2 aromatic rings. The number of aromatic nitrogens is 4. The van der Waals surface area contributed by atoms with Crippen molar-refractivity contribution in [2.75, 3.05) is 33.7 Å². The van der Waals surface area contributed by atoms with Gasteiger partial charge in [-0.25, -0.2) is 15.0 Å². The van der Waals surface area contributed by atoms with Crippen molar-refractivity contribution >= 4 is 32.9 Å². The Labute approximate surface area is 141 Å². The van der Waals surface area contributed by atoms with E-state index in [-0.39, 0.29) is 18.3 Å². The third kappa shape index (κ3) is 2.70. The second-order valence-corrected chi connectivity index (χ2v) is 5.81. The van der Waals surface area contributed by atoms with E-state index in [9.17, 15) is 0 Å². The molecule has 4 atom stereocenters. The van der Waals surface area contributed by atoms with Crippen LogP contribution in [0, 0.1) is 0 Å². The average molecular weight is 388 g/mol. The SMILES string of the molecule is COC[C@H]1O[C@@H](n2c(Br)nc3c(N)ncnc32)C(OC)C1OC. The number of hydrogen-bond donors (Lipinski definition) is 1. The fraction of sp³-hybridized carbons (Fsp3) is 0.615. The maximum Gasteiger partial charge on any atom is 0.181 e. The van der Waals surface area contributed by atoms with E-state index in [4.69, 9.17) is 24.7 Å². The Bertz CT molecular complexity index is 696. The highest BCUT2D eigenvalue weighted by atomic mass is 79.9. The van der Waals surface area contributed by atoms with E-state index in [1.165, 1.54) is 6.33 Å². The molecular weight excluding hydrogens is 370 g/mol. The highest BCUT2D eigenvalue weighted by molar-refractivity contribution is 9.10. The molecule has 126 valence electrons. The summed E-state index contributed by atoms with van der Waals surface area (Å²) in [4.78, 5) is 12.6. The fourth-order valence-corrected chi connectivity index (χ4v) is 3.42. The summed E-state index contributed by atoms with van der Waals surface area (Å²) in [5, 5.41) is 0. The highest BCUT2D eigenvalue weighted by Crippen LogP contribution is 2.37. The quantitative estimate of drug-likeness (QED) is 0.748. The standard InChI is InChI=1S/C13H18BrN5O4/c1-20-4-6-8(21-2)9(22-3)12(23-6)19-11-7(18-13(19)14)10(15)16-5-17-11/h5-6,8-9,12H,4H2,1-3H3,(H2,15,16,17)/t6-,8?,9?,12-/m1/s1. The summed E-state index contributed by atoms with van der Waals surface area (Å²) in [6, 6.07) is 0. The summed E-state index contributed by atoms with van der Waals surface area (Å²) in [5.74, 6) is 0.304. The van der Waals surface area contributed by atoms with Crippen molar-refractivity contribution in [1.29, 1.82) is 0 Å². The van der Waals surface area contributed by atoms with Crippen LogP contribution in [-0.2, 0) is 18.9 Å². The lowest BCUT2D eigenvalue weighted by atomic mass is 10.1. The van der Waals surface area contributed by atoms with E-state index in [2.05, 4.69) is 30.9 Å². The molecule has 2 aromatic heterocycles. The Morgan fingerprint density at radius 1 is 1.26 bits per heavy atom. The number of nitrogens with zero attached hydrogens (tertiary/aromatic N) is 4. The van der Waals surface area contributed by atoms with E-state index in [1.54, 1.807) is 25.9 Å². The van der Waals surface area contributed by atoms with Gasteiger partial charge in [0.05, 0.1) is 6.61 Å². The first kappa shape index (κ1) is 16.5. The van der Waals surface area contributed by atoms with Gasteiger partial charge in [-0.1, -0.05) is 0 Å². The Morgan fingerprint density at radius 2 is 2.00 bits per heavy atom. The second kappa shape index (κ2) is 6.65. The van der Waals surface area contributed by atoms with Crippen molar-refractivity contribution in [3.05, 3.63) is 11.1 Å². The molecule has 0 aliphatic carbocycles. The predicted octanol–water partition coefficient (Wildman–Crippen LogP) is 0.745. The van der Waals surface area contributed by atoms with Crippen LogP contribution in [0.3, 0.4) is 0 Å². The zero-order chi connectivity index (χ0) is 16.6. The van der Waals surface area contributed by atoms with E-state index in [0.29, 0.717) is 28.3 Å². The minimum Gasteiger partial charge on any atom is -0.382 e. The normalized spacial score (nSPS) is 27.8. The van der Waals surface area contributed by atoms with E-state index < -0.39 is 6.23 Å². The molecule has 0 aromatic carbocycles. The van der Waals surface area contributed by atoms with Crippen LogP contribution in [0.4, 0.5) is 5.82 Å². The zero-order valence-electron chi connectivity index (χ0n) is 13.0. The molecule has 3 heterocycles. The van der Waals surface area contributed by atoms with Gasteiger partial charge in [0.25, 0.3) is 0 Å². The summed E-state index contributed by atoms with van der Waals surface area (Å²) in [7, 11) is 4.84. The topological polar surface area (TPSA) is 107 Å². The molecule has 1 saturated heterocycles. The minimum atomic E-state index is -0.487. The number of fused-ring (bicyclic) bond motifs is 1. The van der Waals surface area contributed by atoms with Crippen LogP contribution in [0.5, 0.6) is 0 Å². The van der Waals surface area contributed by atoms with Gasteiger partial charge in [-0.15, -0.1) is 0 Å². The minimum absolute atomic E-state index is 0.275. The number of ether oxygens (including phenoxy) is 4. The van der Waals surface area contributed by atoms with Gasteiger partial charge in [0.1, 0.15) is 24.6 Å². The fourth-order valence-electron chi connectivity index (χ4n) is 2.88. The van der Waals surface area contributed by atoms with Gasteiger partial charge in [-0.3, -0.25) is 4.57 Å². The lowest BCUT2D eigenvalue weighted by molar-refractivity contribution is -0.0645. The molecule has 1 aliphatic rings. The van der Waals surface area contributed by atoms with Crippen molar-refractivity contribution in [3.8, 4) is 0 Å². The van der Waals surface area contributed by atoms with Crippen molar-refractivity contribution in [2.45, 2.75) is 24.5 Å². The molecule has 0 amide bonds. The lowest BCUT2D eigenvalue weighted by Gasteiger charge is -2.22. The summed E-state index contributed by atoms with van der Waals surface area (Å²) in [6.07, 6.45) is -0.0137. The molecule has 2 N–H and O–H groups in total.